The van der Waals surface area contributed by atoms with Gasteiger partial charge in [0, 0.05) is 7.11 Å². The van der Waals surface area contributed by atoms with Crippen molar-refractivity contribution in [1.82, 2.24) is 15.0 Å². The van der Waals surface area contributed by atoms with Crippen LogP contribution in [0.4, 0.5) is 0 Å². The molecule has 0 bridgehead atoms. The van der Waals surface area contributed by atoms with Gasteiger partial charge < -0.3 is 9.47 Å². The third kappa shape index (κ3) is 2.51. The lowest BCUT2D eigenvalue weighted by Crippen LogP contribution is -2.09. The van der Waals surface area contributed by atoms with E-state index in [4.69, 9.17) is 4.74 Å². The predicted molar refractivity (Wildman–Crippen MR) is 43.2 cm³/mol. The SMILES string of the molecule is COCCn1ncc(C(=O)OC)n1. The summed E-state index contributed by atoms with van der Waals surface area (Å²) >= 11 is 0. The van der Waals surface area contributed by atoms with Gasteiger partial charge in [-0.25, -0.2) is 4.79 Å². The van der Waals surface area contributed by atoms with Gasteiger partial charge in [-0.15, -0.1) is 5.10 Å². The van der Waals surface area contributed by atoms with Gasteiger partial charge in [-0.3, -0.25) is 0 Å². The lowest BCUT2D eigenvalue weighted by atomic mass is 10.5. The molecular weight excluding hydrogens is 174 g/mol. The number of ether oxygens (including phenoxy) is 2. The molecule has 0 spiro atoms. The highest BCUT2D eigenvalue weighted by Gasteiger charge is 2.09. The van der Waals surface area contributed by atoms with Crippen LogP contribution >= 0.6 is 0 Å². The zero-order chi connectivity index (χ0) is 9.68. The molecule has 6 nitrogen and oxygen atoms in total. The molecule has 0 saturated carbocycles. The van der Waals surface area contributed by atoms with Crippen LogP contribution in [0.1, 0.15) is 10.5 Å². The van der Waals surface area contributed by atoms with Crippen molar-refractivity contribution in [2.45, 2.75) is 6.54 Å². The van der Waals surface area contributed by atoms with Crippen LogP contribution in [0.5, 0.6) is 0 Å². The monoisotopic (exact) mass is 185 g/mol. The fourth-order valence-electron chi connectivity index (χ4n) is 0.776. The van der Waals surface area contributed by atoms with Gasteiger partial charge in [-0.05, 0) is 0 Å². The average molecular weight is 185 g/mol. The quantitative estimate of drug-likeness (QED) is 0.603. The lowest BCUT2D eigenvalue weighted by molar-refractivity contribution is 0.0592. The number of methoxy groups -OCH3 is 2. The molecule has 1 aromatic heterocycles. The molecule has 0 radical (unpaired) electrons. The number of rotatable bonds is 4. The Bertz CT molecular complexity index is 284. The molecule has 1 heterocycles. The number of aromatic nitrogens is 3. The Kier molecular flexibility index (Phi) is 3.39. The first kappa shape index (κ1) is 9.66. The zero-order valence-electron chi connectivity index (χ0n) is 7.56. The molecule has 1 aromatic rings. The van der Waals surface area contributed by atoms with E-state index in [1.54, 1.807) is 7.11 Å². The average Bonchev–Trinajstić information content (AvgIpc) is 2.62. The van der Waals surface area contributed by atoms with Gasteiger partial charge in [0.15, 0.2) is 5.69 Å². The Hall–Kier alpha value is -1.43. The van der Waals surface area contributed by atoms with Crippen molar-refractivity contribution in [3.05, 3.63) is 11.9 Å². The molecule has 0 aromatic carbocycles. The second-order valence-electron chi connectivity index (χ2n) is 2.31. The summed E-state index contributed by atoms with van der Waals surface area (Å²) in [6.07, 6.45) is 1.36. The van der Waals surface area contributed by atoms with Crippen molar-refractivity contribution in [2.75, 3.05) is 20.8 Å². The third-order valence-corrected chi connectivity index (χ3v) is 1.43. The number of carbonyl (C=O) groups is 1. The van der Waals surface area contributed by atoms with Gasteiger partial charge in [-0.1, -0.05) is 0 Å². The minimum atomic E-state index is -0.483. The third-order valence-electron chi connectivity index (χ3n) is 1.43. The highest BCUT2D eigenvalue weighted by atomic mass is 16.5. The van der Waals surface area contributed by atoms with E-state index in [1.165, 1.54) is 18.1 Å². The van der Waals surface area contributed by atoms with Crippen molar-refractivity contribution < 1.29 is 14.3 Å². The van der Waals surface area contributed by atoms with Crippen molar-refractivity contribution in [1.29, 1.82) is 0 Å². The van der Waals surface area contributed by atoms with Crippen molar-refractivity contribution >= 4 is 5.97 Å². The predicted octanol–water partition coefficient (Wildman–Crippen LogP) is -0.289. The summed E-state index contributed by atoms with van der Waals surface area (Å²) < 4.78 is 9.29. The van der Waals surface area contributed by atoms with E-state index in [9.17, 15) is 4.79 Å². The maximum atomic E-state index is 10.9. The minimum Gasteiger partial charge on any atom is -0.464 e. The van der Waals surface area contributed by atoms with Crippen LogP contribution in [0.25, 0.3) is 0 Å². The molecule has 0 aliphatic carbocycles. The van der Waals surface area contributed by atoms with Crippen LogP contribution in [-0.2, 0) is 16.0 Å². The summed E-state index contributed by atoms with van der Waals surface area (Å²) in [7, 11) is 2.89. The van der Waals surface area contributed by atoms with E-state index < -0.39 is 5.97 Å². The first-order valence-corrected chi connectivity index (χ1v) is 3.75. The summed E-state index contributed by atoms with van der Waals surface area (Å²) in [6.45, 7) is 1.03. The molecule has 0 unspecified atom stereocenters. The van der Waals surface area contributed by atoms with Gasteiger partial charge >= 0.3 is 5.97 Å². The number of hydrogen-bond acceptors (Lipinski definition) is 5. The number of hydrogen-bond donors (Lipinski definition) is 0. The van der Waals surface area contributed by atoms with E-state index in [0.29, 0.717) is 13.2 Å². The summed E-state index contributed by atoms with van der Waals surface area (Å²) in [4.78, 5) is 12.3. The van der Waals surface area contributed by atoms with E-state index in [0.717, 1.165) is 0 Å². The lowest BCUT2D eigenvalue weighted by Gasteiger charge is -1.96. The van der Waals surface area contributed by atoms with E-state index >= 15 is 0 Å². The molecule has 72 valence electrons. The molecule has 0 aliphatic heterocycles. The maximum absolute atomic E-state index is 10.9. The van der Waals surface area contributed by atoms with Crippen molar-refractivity contribution in [2.24, 2.45) is 0 Å². The van der Waals surface area contributed by atoms with Crippen LogP contribution in [0.2, 0.25) is 0 Å². The highest BCUT2D eigenvalue weighted by Crippen LogP contribution is 1.93. The van der Waals surface area contributed by atoms with Crippen LogP contribution < -0.4 is 0 Å². The Morgan fingerprint density at radius 1 is 1.62 bits per heavy atom. The number of esters is 1. The van der Waals surface area contributed by atoms with E-state index in [1.807, 2.05) is 0 Å². The molecule has 0 fully saturated rings. The molecule has 0 atom stereocenters. The standard InChI is InChI=1S/C7H11N3O3/c1-12-4-3-10-8-5-6(9-10)7(11)13-2/h5H,3-4H2,1-2H3. The minimum absolute atomic E-state index is 0.207. The normalized spacial score (nSPS) is 10.0. The summed E-state index contributed by atoms with van der Waals surface area (Å²) in [5.74, 6) is -0.483. The maximum Gasteiger partial charge on any atom is 0.360 e. The molecular formula is C7H11N3O3. The van der Waals surface area contributed by atoms with Gasteiger partial charge in [-0.2, -0.15) is 9.90 Å². The zero-order valence-corrected chi connectivity index (χ0v) is 7.56. The molecule has 0 saturated heterocycles. The van der Waals surface area contributed by atoms with Crippen LogP contribution in [-0.4, -0.2) is 41.8 Å². The van der Waals surface area contributed by atoms with Crippen molar-refractivity contribution in [3.8, 4) is 0 Å². The summed E-state index contributed by atoms with van der Waals surface area (Å²) in [5, 5.41) is 7.72. The first-order valence-electron chi connectivity index (χ1n) is 3.75. The fraction of sp³-hybridized carbons (Fsp3) is 0.571. The summed E-state index contributed by atoms with van der Waals surface area (Å²) in [5.41, 5.74) is 0.207. The Morgan fingerprint density at radius 2 is 2.38 bits per heavy atom. The highest BCUT2D eigenvalue weighted by molar-refractivity contribution is 5.86. The second-order valence-corrected chi connectivity index (χ2v) is 2.31. The van der Waals surface area contributed by atoms with Gasteiger partial charge in [0.05, 0.1) is 26.5 Å². The molecule has 13 heavy (non-hydrogen) atoms. The van der Waals surface area contributed by atoms with Crippen LogP contribution in [0, 0.1) is 0 Å². The molecule has 0 amide bonds. The van der Waals surface area contributed by atoms with E-state index in [-0.39, 0.29) is 5.69 Å². The van der Waals surface area contributed by atoms with Gasteiger partial charge in [0.25, 0.3) is 0 Å². The smallest absolute Gasteiger partial charge is 0.360 e. The fourth-order valence-corrected chi connectivity index (χ4v) is 0.776. The van der Waals surface area contributed by atoms with Gasteiger partial charge in [0.2, 0.25) is 0 Å². The Labute approximate surface area is 75.4 Å². The molecule has 0 aliphatic rings. The van der Waals surface area contributed by atoms with Gasteiger partial charge in [0.1, 0.15) is 0 Å². The molecule has 1 rings (SSSR count). The van der Waals surface area contributed by atoms with Crippen LogP contribution in [0.15, 0.2) is 6.20 Å². The molecule has 6 heteroatoms. The van der Waals surface area contributed by atoms with E-state index in [2.05, 4.69) is 14.9 Å². The van der Waals surface area contributed by atoms with Crippen molar-refractivity contribution in [3.63, 3.8) is 0 Å². The Balaban J connectivity index is 2.58. The Morgan fingerprint density at radius 3 is 3.00 bits per heavy atom. The summed E-state index contributed by atoms with van der Waals surface area (Å²) in [6, 6.07) is 0. The molecule has 0 N–H and O–H groups in total. The number of carbonyl (C=O) groups excluding carboxylic acids is 1. The second kappa shape index (κ2) is 4.56. The topological polar surface area (TPSA) is 66.2 Å². The number of nitrogens with zero attached hydrogens (tertiary/aromatic N) is 3. The largest absolute Gasteiger partial charge is 0.464 e. The first-order chi connectivity index (χ1) is 6.27. The van der Waals surface area contributed by atoms with Crippen LogP contribution in [0.3, 0.4) is 0 Å².